The molecule has 1 heterocycles. The number of carboxylic acids is 1. The highest BCUT2D eigenvalue weighted by atomic mass is 16.4. The van der Waals surface area contributed by atoms with Crippen LogP contribution in [0.5, 0.6) is 0 Å². The summed E-state index contributed by atoms with van der Waals surface area (Å²) in [5.74, 6) is 0.879. The van der Waals surface area contributed by atoms with Crippen LogP contribution in [-0.2, 0) is 22.7 Å². The van der Waals surface area contributed by atoms with Crippen LogP contribution in [0.4, 0.5) is 0 Å². The number of nitrogens with two attached hydrogens (primary N) is 1. The number of carbonyl (C=O) groups excluding carboxylic acids is 1. The first-order valence-corrected chi connectivity index (χ1v) is 5.10. The van der Waals surface area contributed by atoms with E-state index >= 15 is 0 Å². The number of hydrogen-bond donors (Lipinski definition) is 3. The maximum atomic E-state index is 11.4. The number of carbonyl (C=O) groups is 2. The fourth-order valence-electron chi connectivity index (χ4n) is 1.16. The van der Waals surface area contributed by atoms with Crippen molar-refractivity contribution in [2.24, 2.45) is 5.73 Å². The Kier molecular flexibility index (Phi) is 4.83. The lowest BCUT2D eigenvalue weighted by atomic mass is 10.2. The molecule has 1 atom stereocenters. The zero-order valence-electron chi connectivity index (χ0n) is 9.54. The van der Waals surface area contributed by atoms with Crippen LogP contribution in [0.1, 0.15) is 12.1 Å². The second-order valence-electron chi connectivity index (χ2n) is 3.53. The Bertz CT molecular complexity index is 476. The normalized spacial score (nSPS) is 11.6. The van der Waals surface area contributed by atoms with E-state index in [9.17, 15) is 9.59 Å². The Morgan fingerprint density at radius 1 is 1.67 bits per heavy atom. The molecule has 0 saturated carbocycles. The predicted octanol–water partition coefficient (Wildman–Crippen LogP) is -1.67. The summed E-state index contributed by atoms with van der Waals surface area (Å²) >= 11 is 0. The van der Waals surface area contributed by atoms with E-state index in [1.165, 1.54) is 6.20 Å². The standard InChI is InChI=1S/C10H13N5O3/c1-2-3-8(11)10(18)12-4-7-5-15(14-13-7)6-9(16)17/h1,5,8H,3-4,6,11H2,(H,12,18)(H,16,17). The quantitative estimate of drug-likeness (QED) is 0.519. The number of aromatic nitrogens is 3. The van der Waals surface area contributed by atoms with Crippen LogP contribution in [-0.4, -0.2) is 38.0 Å². The zero-order chi connectivity index (χ0) is 13.5. The van der Waals surface area contributed by atoms with Gasteiger partial charge in [0.2, 0.25) is 5.91 Å². The van der Waals surface area contributed by atoms with E-state index in [0.717, 1.165) is 4.68 Å². The van der Waals surface area contributed by atoms with Crippen LogP contribution in [0.25, 0.3) is 0 Å². The highest BCUT2D eigenvalue weighted by Crippen LogP contribution is 1.94. The minimum absolute atomic E-state index is 0.122. The molecule has 1 aromatic heterocycles. The summed E-state index contributed by atoms with van der Waals surface area (Å²) in [5, 5.41) is 18.3. The molecule has 4 N–H and O–H groups in total. The van der Waals surface area contributed by atoms with Gasteiger partial charge in [-0.25, -0.2) is 4.68 Å². The third kappa shape index (κ3) is 4.23. The van der Waals surface area contributed by atoms with Crippen molar-refractivity contribution >= 4 is 11.9 Å². The number of terminal acetylenes is 1. The molecular weight excluding hydrogens is 238 g/mol. The first-order valence-electron chi connectivity index (χ1n) is 5.10. The molecule has 0 saturated heterocycles. The van der Waals surface area contributed by atoms with Gasteiger partial charge in [-0.15, -0.1) is 17.4 Å². The smallest absolute Gasteiger partial charge is 0.325 e. The molecular formula is C10H13N5O3. The van der Waals surface area contributed by atoms with Crippen LogP contribution in [0.15, 0.2) is 6.20 Å². The molecule has 1 rings (SSSR count). The predicted molar refractivity (Wildman–Crippen MR) is 60.9 cm³/mol. The third-order valence-electron chi connectivity index (χ3n) is 2.00. The second kappa shape index (κ2) is 6.36. The van der Waals surface area contributed by atoms with Gasteiger partial charge in [0.1, 0.15) is 12.2 Å². The summed E-state index contributed by atoms with van der Waals surface area (Å²) in [6, 6.07) is -0.760. The van der Waals surface area contributed by atoms with E-state index < -0.39 is 12.0 Å². The first kappa shape index (κ1) is 13.7. The van der Waals surface area contributed by atoms with E-state index in [1.54, 1.807) is 0 Å². The number of hydrogen-bond acceptors (Lipinski definition) is 5. The average molecular weight is 251 g/mol. The van der Waals surface area contributed by atoms with Gasteiger partial charge in [-0.3, -0.25) is 9.59 Å². The van der Waals surface area contributed by atoms with E-state index in [1.807, 2.05) is 0 Å². The number of amides is 1. The number of nitrogens with one attached hydrogen (secondary N) is 1. The zero-order valence-corrected chi connectivity index (χ0v) is 9.54. The maximum Gasteiger partial charge on any atom is 0.325 e. The van der Waals surface area contributed by atoms with Gasteiger partial charge in [0.15, 0.2) is 0 Å². The van der Waals surface area contributed by atoms with Crippen molar-refractivity contribution in [2.75, 3.05) is 0 Å². The summed E-state index contributed by atoms with van der Waals surface area (Å²) in [6.45, 7) is -0.158. The number of carboxylic acid groups (broad SMARTS) is 1. The summed E-state index contributed by atoms with van der Waals surface area (Å²) in [7, 11) is 0. The van der Waals surface area contributed by atoms with Gasteiger partial charge < -0.3 is 16.2 Å². The summed E-state index contributed by atoms with van der Waals surface area (Å²) < 4.78 is 1.16. The van der Waals surface area contributed by atoms with E-state index in [4.69, 9.17) is 17.3 Å². The molecule has 0 aliphatic carbocycles. The molecule has 0 radical (unpaired) electrons. The lowest BCUT2D eigenvalue weighted by Gasteiger charge is -2.07. The van der Waals surface area contributed by atoms with Crippen LogP contribution < -0.4 is 11.1 Å². The molecule has 1 aromatic rings. The van der Waals surface area contributed by atoms with Gasteiger partial charge in [-0.1, -0.05) is 5.21 Å². The lowest BCUT2D eigenvalue weighted by Crippen LogP contribution is -2.39. The molecule has 18 heavy (non-hydrogen) atoms. The van der Waals surface area contributed by atoms with Crippen molar-refractivity contribution in [3.63, 3.8) is 0 Å². The molecule has 0 aliphatic rings. The van der Waals surface area contributed by atoms with E-state index in [2.05, 4.69) is 21.5 Å². The fourth-order valence-corrected chi connectivity index (χ4v) is 1.16. The van der Waals surface area contributed by atoms with Crippen LogP contribution in [0.2, 0.25) is 0 Å². The average Bonchev–Trinajstić information content (AvgIpc) is 2.73. The minimum Gasteiger partial charge on any atom is -0.480 e. The molecule has 8 heteroatoms. The molecule has 0 aromatic carbocycles. The van der Waals surface area contributed by atoms with Crippen LogP contribution >= 0.6 is 0 Å². The summed E-state index contributed by atoms with van der Waals surface area (Å²) in [4.78, 5) is 21.8. The lowest BCUT2D eigenvalue weighted by molar-refractivity contribution is -0.138. The van der Waals surface area contributed by atoms with E-state index in [0.29, 0.717) is 5.69 Å². The monoisotopic (exact) mass is 251 g/mol. The van der Waals surface area contributed by atoms with Crippen LogP contribution in [0, 0.1) is 12.3 Å². The Morgan fingerprint density at radius 2 is 2.39 bits per heavy atom. The summed E-state index contributed by atoms with van der Waals surface area (Å²) in [5.41, 5.74) is 5.93. The first-order chi connectivity index (χ1) is 8.52. The van der Waals surface area contributed by atoms with Crippen molar-refractivity contribution in [3.8, 4) is 12.3 Å². The Balaban J connectivity index is 2.44. The topological polar surface area (TPSA) is 123 Å². The molecule has 0 fully saturated rings. The highest BCUT2D eigenvalue weighted by Gasteiger charge is 2.12. The Hall–Kier alpha value is -2.40. The molecule has 0 aliphatic heterocycles. The van der Waals surface area contributed by atoms with Gasteiger partial charge in [0.25, 0.3) is 0 Å². The molecule has 0 spiro atoms. The van der Waals surface area contributed by atoms with Crippen molar-refractivity contribution in [3.05, 3.63) is 11.9 Å². The molecule has 1 unspecified atom stereocenters. The number of aliphatic carboxylic acids is 1. The van der Waals surface area contributed by atoms with Crippen molar-refractivity contribution < 1.29 is 14.7 Å². The second-order valence-corrected chi connectivity index (χ2v) is 3.53. The largest absolute Gasteiger partial charge is 0.480 e. The van der Waals surface area contributed by atoms with Gasteiger partial charge in [0, 0.05) is 6.42 Å². The Morgan fingerprint density at radius 3 is 3.00 bits per heavy atom. The van der Waals surface area contributed by atoms with Gasteiger partial charge in [-0.2, -0.15) is 0 Å². The number of rotatable bonds is 6. The minimum atomic E-state index is -1.02. The highest BCUT2D eigenvalue weighted by molar-refractivity contribution is 5.81. The molecule has 96 valence electrons. The van der Waals surface area contributed by atoms with Crippen LogP contribution in [0.3, 0.4) is 0 Å². The van der Waals surface area contributed by atoms with E-state index in [-0.39, 0.29) is 25.4 Å². The SMILES string of the molecule is C#CCC(N)C(=O)NCc1cn(CC(=O)O)nn1. The Labute approximate surface area is 103 Å². The summed E-state index contributed by atoms with van der Waals surface area (Å²) in [6.07, 6.45) is 6.61. The van der Waals surface area contributed by atoms with Gasteiger partial charge in [0.05, 0.1) is 18.8 Å². The molecule has 1 amide bonds. The maximum absolute atomic E-state index is 11.4. The van der Waals surface area contributed by atoms with Crippen molar-refractivity contribution in [1.82, 2.24) is 20.3 Å². The molecule has 8 nitrogen and oxygen atoms in total. The molecule has 0 bridgehead atoms. The fraction of sp³-hybridized carbons (Fsp3) is 0.400. The van der Waals surface area contributed by atoms with Crippen molar-refractivity contribution in [1.29, 1.82) is 0 Å². The van der Waals surface area contributed by atoms with Gasteiger partial charge >= 0.3 is 5.97 Å². The number of nitrogens with zero attached hydrogens (tertiary/aromatic N) is 3. The van der Waals surface area contributed by atoms with Gasteiger partial charge in [-0.05, 0) is 0 Å². The van der Waals surface area contributed by atoms with Crippen molar-refractivity contribution in [2.45, 2.75) is 25.6 Å². The third-order valence-corrected chi connectivity index (χ3v) is 2.00.